The third-order valence-corrected chi connectivity index (χ3v) is 4.91. The van der Waals surface area contributed by atoms with Crippen LogP contribution < -0.4 is 10.9 Å². The van der Waals surface area contributed by atoms with Gasteiger partial charge in [-0.15, -0.1) is 0 Å². The second-order valence-electron chi connectivity index (χ2n) is 5.63. The Morgan fingerprint density at radius 2 is 1.88 bits per heavy atom. The summed E-state index contributed by atoms with van der Waals surface area (Å²) in [6.45, 7) is 4.91. The Balaban J connectivity index is 2.67. The van der Waals surface area contributed by atoms with E-state index >= 15 is 0 Å². The van der Waals surface area contributed by atoms with Crippen LogP contribution in [0, 0.1) is 6.92 Å². The van der Waals surface area contributed by atoms with Gasteiger partial charge in [-0.1, -0.05) is 0 Å². The number of aromatic amines is 1. The van der Waals surface area contributed by atoms with Crippen LogP contribution in [0.3, 0.4) is 0 Å². The van der Waals surface area contributed by atoms with Crippen LogP contribution in [-0.4, -0.2) is 36.1 Å². The molecule has 1 heterocycles. The first-order valence-corrected chi connectivity index (χ1v) is 9.41. The molecule has 0 aliphatic rings. The number of hydrogen-bond donors (Lipinski definition) is 2. The molecule has 0 atom stereocenters. The van der Waals surface area contributed by atoms with Gasteiger partial charge >= 0.3 is 0 Å². The molecule has 9 heteroatoms. The summed E-state index contributed by atoms with van der Waals surface area (Å²) in [6.07, 6.45) is 2.33. The minimum Gasteiger partial charge on any atom is -0.325 e. The number of benzene rings is 1. The maximum Gasteiger partial charge on any atom is 0.277 e. The van der Waals surface area contributed by atoms with E-state index in [-0.39, 0.29) is 27.3 Å². The van der Waals surface area contributed by atoms with Gasteiger partial charge in [0.05, 0.1) is 10.6 Å². The number of amides is 1. The SMILES string of the molecule is CCn1[nH]cc(C(=O)c2ccc(S(C)(=O)=O)c(NC(C)=O)c2C)c1=O. The fourth-order valence-corrected chi connectivity index (χ4v) is 3.41. The molecule has 0 aliphatic heterocycles. The molecule has 2 aromatic rings. The Labute approximate surface area is 144 Å². The van der Waals surface area contributed by atoms with E-state index in [1.165, 1.54) is 36.9 Å². The van der Waals surface area contributed by atoms with Gasteiger partial charge in [-0.2, -0.15) is 0 Å². The number of anilines is 1. The highest BCUT2D eigenvalue weighted by Gasteiger charge is 2.23. The first kappa shape index (κ1) is 18.7. The normalized spacial score (nSPS) is 11.4. The second kappa shape index (κ2) is 6.67. The fourth-order valence-electron chi connectivity index (χ4n) is 2.52. The molecule has 1 aromatic carbocycles. The number of carbonyl (C=O) groups is 2. The molecule has 0 bridgehead atoms. The largest absolute Gasteiger partial charge is 0.325 e. The molecular formula is C16H19N3O5S. The van der Waals surface area contributed by atoms with Crippen molar-refractivity contribution in [1.29, 1.82) is 0 Å². The zero-order chi connectivity index (χ0) is 18.9. The Morgan fingerprint density at radius 1 is 1.24 bits per heavy atom. The van der Waals surface area contributed by atoms with Gasteiger partial charge in [0.1, 0.15) is 5.56 Å². The number of nitrogens with one attached hydrogen (secondary N) is 2. The predicted octanol–water partition coefficient (Wildman–Crippen LogP) is 1.10. The number of rotatable bonds is 5. The van der Waals surface area contributed by atoms with Gasteiger partial charge in [0.2, 0.25) is 11.7 Å². The lowest BCUT2D eigenvalue weighted by Gasteiger charge is -2.14. The van der Waals surface area contributed by atoms with Crippen molar-refractivity contribution in [2.75, 3.05) is 11.6 Å². The van der Waals surface area contributed by atoms with Gasteiger partial charge in [-0.25, -0.2) is 8.42 Å². The summed E-state index contributed by atoms with van der Waals surface area (Å²) < 4.78 is 25.2. The zero-order valence-corrected chi connectivity index (χ0v) is 15.2. The average molecular weight is 365 g/mol. The highest BCUT2D eigenvalue weighted by molar-refractivity contribution is 7.90. The molecule has 0 radical (unpaired) electrons. The molecule has 134 valence electrons. The number of aromatic nitrogens is 2. The predicted molar refractivity (Wildman–Crippen MR) is 92.8 cm³/mol. The highest BCUT2D eigenvalue weighted by Crippen LogP contribution is 2.29. The standard InChI is InChI=1S/C16H19N3O5S/c1-5-19-16(22)12(8-17-19)15(21)11-6-7-13(25(4,23)24)14(9(11)2)18-10(3)20/h6-8,17H,5H2,1-4H3,(H,18,20). The van der Waals surface area contributed by atoms with E-state index in [0.717, 1.165) is 6.26 Å². The third-order valence-electron chi connectivity index (χ3n) is 3.77. The molecule has 0 aliphatic carbocycles. The molecule has 0 saturated carbocycles. The van der Waals surface area contributed by atoms with Crippen molar-refractivity contribution in [2.45, 2.75) is 32.2 Å². The number of aryl methyl sites for hydroxylation is 1. The van der Waals surface area contributed by atoms with E-state index < -0.39 is 27.1 Å². The number of carbonyl (C=O) groups excluding carboxylic acids is 2. The van der Waals surface area contributed by atoms with Crippen LogP contribution in [0.15, 0.2) is 28.0 Å². The van der Waals surface area contributed by atoms with Crippen molar-refractivity contribution >= 4 is 27.2 Å². The highest BCUT2D eigenvalue weighted by atomic mass is 32.2. The number of H-pyrrole nitrogens is 1. The molecule has 1 amide bonds. The summed E-state index contributed by atoms with van der Waals surface area (Å²) in [5.41, 5.74) is -0.0273. The topological polar surface area (TPSA) is 118 Å². The van der Waals surface area contributed by atoms with E-state index in [1.54, 1.807) is 6.92 Å². The van der Waals surface area contributed by atoms with Crippen molar-refractivity contribution in [2.24, 2.45) is 0 Å². The summed E-state index contributed by atoms with van der Waals surface area (Å²) in [5, 5.41) is 5.16. The molecule has 2 rings (SSSR count). The van der Waals surface area contributed by atoms with Gasteiger partial charge in [-0.05, 0) is 31.5 Å². The molecule has 8 nitrogen and oxygen atoms in total. The maximum atomic E-state index is 12.7. The summed E-state index contributed by atoms with van der Waals surface area (Å²) in [4.78, 5) is 36.2. The second-order valence-corrected chi connectivity index (χ2v) is 7.61. The van der Waals surface area contributed by atoms with Gasteiger partial charge < -0.3 is 10.4 Å². The van der Waals surface area contributed by atoms with E-state index in [9.17, 15) is 22.8 Å². The Bertz CT molecular complexity index is 1010. The Hall–Kier alpha value is -2.68. The monoisotopic (exact) mass is 365 g/mol. The number of ketones is 1. The van der Waals surface area contributed by atoms with Crippen LogP contribution in [0.5, 0.6) is 0 Å². The van der Waals surface area contributed by atoms with Crippen molar-refractivity contribution in [3.05, 3.63) is 45.4 Å². The number of hydrogen-bond acceptors (Lipinski definition) is 5. The number of nitrogens with zero attached hydrogens (tertiary/aromatic N) is 1. The van der Waals surface area contributed by atoms with Crippen LogP contribution in [0.2, 0.25) is 0 Å². The lowest BCUT2D eigenvalue weighted by Crippen LogP contribution is -2.22. The van der Waals surface area contributed by atoms with Crippen LogP contribution in [0.25, 0.3) is 0 Å². The van der Waals surface area contributed by atoms with Gasteiger partial charge in [0.15, 0.2) is 9.84 Å². The van der Waals surface area contributed by atoms with E-state index in [4.69, 9.17) is 0 Å². The van der Waals surface area contributed by atoms with Crippen molar-refractivity contribution in [3.63, 3.8) is 0 Å². The van der Waals surface area contributed by atoms with E-state index in [0.29, 0.717) is 6.54 Å². The van der Waals surface area contributed by atoms with E-state index in [2.05, 4.69) is 10.4 Å². The minimum absolute atomic E-state index is 0.0483. The Morgan fingerprint density at radius 3 is 2.36 bits per heavy atom. The summed E-state index contributed by atoms with van der Waals surface area (Å²) in [5.74, 6) is -1.01. The van der Waals surface area contributed by atoms with Crippen LogP contribution >= 0.6 is 0 Å². The Kier molecular flexibility index (Phi) is 4.98. The molecule has 25 heavy (non-hydrogen) atoms. The zero-order valence-electron chi connectivity index (χ0n) is 14.3. The van der Waals surface area contributed by atoms with Gasteiger partial charge in [0, 0.05) is 31.5 Å². The molecule has 0 spiro atoms. The van der Waals surface area contributed by atoms with Crippen molar-refractivity contribution in [3.8, 4) is 0 Å². The molecule has 1 aromatic heterocycles. The quantitative estimate of drug-likeness (QED) is 0.769. The summed E-state index contributed by atoms with van der Waals surface area (Å²) in [7, 11) is -3.61. The first-order chi connectivity index (χ1) is 11.6. The molecule has 0 fully saturated rings. The van der Waals surface area contributed by atoms with Crippen LogP contribution in [0.4, 0.5) is 5.69 Å². The molecule has 0 unspecified atom stereocenters. The lowest BCUT2D eigenvalue weighted by molar-refractivity contribution is -0.114. The fraction of sp³-hybridized carbons (Fsp3) is 0.312. The average Bonchev–Trinajstić information content (AvgIpc) is 2.87. The van der Waals surface area contributed by atoms with Gasteiger partial charge in [0.25, 0.3) is 5.56 Å². The van der Waals surface area contributed by atoms with Gasteiger partial charge in [-0.3, -0.25) is 19.1 Å². The molecular weight excluding hydrogens is 346 g/mol. The third kappa shape index (κ3) is 3.55. The minimum atomic E-state index is -3.61. The molecule has 2 N–H and O–H groups in total. The smallest absolute Gasteiger partial charge is 0.277 e. The summed E-state index contributed by atoms with van der Waals surface area (Å²) >= 11 is 0. The molecule has 0 saturated heterocycles. The van der Waals surface area contributed by atoms with Crippen LogP contribution in [0.1, 0.15) is 35.3 Å². The lowest BCUT2D eigenvalue weighted by atomic mass is 9.99. The van der Waals surface area contributed by atoms with Crippen molar-refractivity contribution < 1.29 is 18.0 Å². The number of sulfone groups is 1. The van der Waals surface area contributed by atoms with E-state index in [1.807, 2.05) is 0 Å². The maximum absolute atomic E-state index is 12.7. The van der Waals surface area contributed by atoms with Crippen molar-refractivity contribution in [1.82, 2.24) is 9.78 Å². The summed E-state index contributed by atoms with van der Waals surface area (Å²) in [6, 6.07) is 2.61. The van der Waals surface area contributed by atoms with Crippen LogP contribution in [-0.2, 0) is 21.2 Å². The first-order valence-electron chi connectivity index (χ1n) is 7.52.